The average Bonchev–Trinajstić information content (AvgIpc) is 2.41. The van der Waals surface area contributed by atoms with Gasteiger partial charge in [0.25, 0.3) is 0 Å². The average molecular weight is 272 g/mol. The summed E-state index contributed by atoms with van der Waals surface area (Å²) in [4.78, 5) is 21.9. The molecule has 0 saturated heterocycles. The van der Waals surface area contributed by atoms with Gasteiger partial charge in [-0.3, -0.25) is 4.79 Å². The van der Waals surface area contributed by atoms with Crippen LogP contribution in [-0.4, -0.2) is 22.2 Å². The van der Waals surface area contributed by atoms with Crippen LogP contribution in [0.4, 0.5) is 0 Å². The Morgan fingerprint density at radius 3 is 2.30 bits per heavy atom. The minimum atomic E-state index is -1.16. The van der Waals surface area contributed by atoms with Crippen LogP contribution in [-0.2, 0) is 11.2 Å². The van der Waals surface area contributed by atoms with Gasteiger partial charge < -0.3 is 14.9 Å². The molecule has 0 saturated carbocycles. The normalized spacial score (nSPS) is 10.0. The Labute approximate surface area is 115 Å². The standard InChI is InChI=1S/C15H12O5/c16-14(17)9-10-6-7-13(12(8-10)15(18)19)20-11-4-2-1-3-5-11/h1-8H,9H2,(H,16,17)(H,18,19). The first kappa shape index (κ1) is 13.6. The van der Waals surface area contributed by atoms with Crippen LogP contribution in [0.15, 0.2) is 48.5 Å². The molecule has 0 radical (unpaired) electrons. The van der Waals surface area contributed by atoms with Gasteiger partial charge in [-0.05, 0) is 29.8 Å². The number of ether oxygens (including phenoxy) is 1. The zero-order chi connectivity index (χ0) is 14.5. The third-order valence-corrected chi connectivity index (χ3v) is 2.60. The Kier molecular flexibility index (Phi) is 4.00. The van der Waals surface area contributed by atoms with Gasteiger partial charge in [0.15, 0.2) is 0 Å². The van der Waals surface area contributed by atoms with Crippen LogP contribution >= 0.6 is 0 Å². The summed E-state index contributed by atoms with van der Waals surface area (Å²) in [7, 11) is 0. The van der Waals surface area contributed by atoms with Gasteiger partial charge in [-0.1, -0.05) is 24.3 Å². The summed E-state index contributed by atoms with van der Waals surface area (Å²) >= 11 is 0. The summed E-state index contributed by atoms with van der Waals surface area (Å²) < 4.78 is 5.50. The molecule has 0 fully saturated rings. The summed E-state index contributed by atoms with van der Waals surface area (Å²) in [6.07, 6.45) is -0.230. The number of para-hydroxylation sites is 1. The fourth-order valence-corrected chi connectivity index (χ4v) is 1.73. The summed E-state index contributed by atoms with van der Waals surface area (Å²) in [5.41, 5.74) is 0.350. The number of hydrogen-bond acceptors (Lipinski definition) is 3. The molecular formula is C15H12O5. The van der Waals surface area contributed by atoms with Crippen molar-refractivity contribution >= 4 is 11.9 Å². The molecule has 2 aromatic carbocycles. The topological polar surface area (TPSA) is 83.8 Å². The molecule has 0 heterocycles. The van der Waals surface area contributed by atoms with Crippen molar-refractivity contribution in [1.82, 2.24) is 0 Å². The number of carboxylic acid groups (broad SMARTS) is 2. The first-order chi connectivity index (χ1) is 9.56. The fourth-order valence-electron chi connectivity index (χ4n) is 1.73. The van der Waals surface area contributed by atoms with Crippen LogP contribution in [0.5, 0.6) is 11.5 Å². The van der Waals surface area contributed by atoms with E-state index in [9.17, 15) is 14.7 Å². The molecule has 0 spiro atoms. The van der Waals surface area contributed by atoms with Gasteiger partial charge in [0.2, 0.25) is 0 Å². The monoisotopic (exact) mass is 272 g/mol. The van der Waals surface area contributed by atoms with Gasteiger partial charge in [0.1, 0.15) is 17.1 Å². The Bertz CT molecular complexity index is 634. The molecule has 2 aromatic rings. The Balaban J connectivity index is 2.33. The molecular weight excluding hydrogens is 260 g/mol. The lowest BCUT2D eigenvalue weighted by Gasteiger charge is -2.09. The maximum Gasteiger partial charge on any atom is 0.339 e. The first-order valence-electron chi connectivity index (χ1n) is 5.87. The van der Waals surface area contributed by atoms with Crippen molar-refractivity contribution in [3.8, 4) is 11.5 Å². The number of hydrogen-bond donors (Lipinski definition) is 2. The van der Waals surface area contributed by atoms with Crippen LogP contribution in [0, 0.1) is 0 Å². The van der Waals surface area contributed by atoms with E-state index in [2.05, 4.69) is 0 Å². The van der Waals surface area contributed by atoms with Gasteiger partial charge in [0, 0.05) is 0 Å². The minimum absolute atomic E-state index is 0.0624. The van der Waals surface area contributed by atoms with Crippen molar-refractivity contribution < 1.29 is 24.5 Å². The number of aliphatic carboxylic acids is 1. The zero-order valence-corrected chi connectivity index (χ0v) is 10.4. The van der Waals surface area contributed by atoms with Crippen LogP contribution in [0.3, 0.4) is 0 Å². The molecule has 5 heteroatoms. The SMILES string of the molecule is O=C(O)Cc1ccc(Oc2ccccc2)c(C(=O)O)c1. The molecule has 0 atom stereocenters. The second-order valence-corrected chi connectivity index (χ2v) is 4.12. The maximum absolute atomic E-state index is 11.2. The lowest BCUT2D eigenvalue weighted by molar-refractivity contribution is -0.136. The van der Waals surface area contributed by atoms with Gasteiger partial charge in [-0.25, -0.2) is 4.79 Å². The van der Waals surface area contributed by atoms with Crippen molar-refractivity contribution in [2.24, 2.45) is 0 Å². The molecule has 0 amide bonds. The van der Waals surface area contributed by atoms with E-state index in [4.69, 9.17) is 9.84 Å². The van der Waals surface area contributed by atoms with E-state index in [-0.39, 0.29) is 17.7 Å². The molecule has 20 heavy (non-hydrogen) atoms. The molecule has 102 valence electrons. The number of benzene rings is 2. The van der Waals surface area contributed by atoms with E-state index in [1.54, 1.807) is 30.3 Å². The molecule has 0 aliphatic rings. The molecule has 0 aromatic heterocycles. The van der Waals surface area contributed by atoms with E-state index >= 15 is 0 Å². The minimum Gasteiger partial charge on any atom is -0.481 e. The smallest absolute Gasteiger partial charge is 0.339 e. The fraction of sp³-hybridized carbons (Fsp3) is 0.0667. The maximum atomic E-state index is 11.2. The highest BCUT2D eigenvalue weighted by Gasteiger charge is 2.14. The van der Waals surface area contributed by atoms with Gasteiger partial charge >= 0.3 is 11.9 Å². The lowest BCUT2D eigenvalue weighted by atomic mass is 10.1. The van der Waals surface area contributed by atoms with Gasteiger partial charge in [0.05, 0.1) is 6.42 Å². The van der Waals surface area contributed by atoms with Gasteiger partial charge in [-0.15, -0.1) is 0 Å². The summed E-state index contributed by atoms with van der Waals surface area (Å²) in [6.45, 7) is 0. The van der Waals surface area contributed by atoms with Crippen molar-refractivity contribution in [3.05, 3.63) is 59.7 Å². The van der Waals surface area contributed by atoms with E-state index in [1.807, 2.05) is 6.07 Å². The predicted molar refractivity (Wildman–Crippen MR) is 71.3 cm³/mol. The summed E-state index contributed by atoms with van der Waals surface area (Å²) in [5.74, 6) is -1.49. The van der Waals surface area contributed by atoms with E-state index in [1.165, 1.54) is 12.1 Å². The Morgan fingerprint density at radius 2 is 1.70 bits per heavy atom. The number of carbonyl (C=O) groups is 2. The highest BCUT2D eigenvalue weighted by molar-refractivity contribution is 5.91. The number of carboxylic acids is 2. The molecule has 0 bridgehead atoms. The lowest BCUT2D eigenvalue weighted by Crippen LogP contribution is -2.04. The van der Waals surface area contributed by atoms with Crippen LogP contribution in [0.1, 0.15) is 15.9 Å². The Morgan fingerprint density at radius 1 is 1.00 bits per heavy atom. The van der Waals surface area contributed by atoms with Crippen molar-refractivity contribution in [2.75, 3.05) is 0 Å². The third-order valence-electron chi connectivity index (χ3n) is 2.60. The zero-order valence-electron chi connectivity index (χ0n) is 10.4. The highest BCUT2D eigenvalue weighted by Crippen LogP contribution is 2.26. The van der Waals surface area contributed by atoms with Crippen LogP contribution in [0.2, 0.25) is 0 Å². The van der Waals surface area contributed by atoms with E-state index in [0.717, 1.165) is 0 Å². The second kappa shape index (κ2) is 5.88. The molecule has 2 N–H and O–H groups in total. The molecule has 2 rings (SSSR count). The van der Waals surface area contributed by atoms with Crippen molar-refractivity contribution in [1.29, 1.82) is 0 Å². The quantitative estimate of drug-likeness (QED) is 0.874. The highest BCUT2D eigenvalue weighted by atomic mass is 16.5. The molecule has 0 aliphatic heterocycles. The number of aromatic carboxylic acids is 1. The largest absolute Gasteiger partial charge is 0.481 e. The summed E-state index contributed by atoms with van der Waals surface area (Å²) in [6, 6.07) is 13.1. The van der Waals surface area contributed by atoms with Gasteiger partial charge in [-0.2, -0.15) is 0 Å². The number of rotatable bonds is 5. The van der Waals surface area contributed by atoms with Crippen molar-refractivity contribution in [2.45, 2.75) is 6.42 Å². The van der Waals surface area contributed by atoms with Crippen molar-refractivity contribution in [3.63, 3.8) is 0 Å². The first-order valence-corrected chi connectivity index (χ1v) is 5.87. The Hall–Kier alpha value is -2.82. The molecule has 5 nitrogen and oxygen atoms in total. The predicted octanol–water partition coefficient (Wildman–Crippen LogP) is 2.80. The molecule has 0 unspecified atom stereocenters. The second-order valence-electron chi connectivity index (χ2n) is 4.12. The molecule has 0 aliphatic carbocycles. The van der Waals surface area contributed by atoms with Crippen LogP contribution < -0.4 is 4.74 Å². The third kappa shape index (κ3) is 3.35. The van der Waals surface area contributed by atoms with E-state index in [0.29, 0.717) is 11.3 Å². The van der Waals surface area contributed by atoms with Crippen LogP contribution in [0.25, 0.3) is 0 Å². The summed E-state index contributed by atoms with van der Waals surface area (Å²) in [5, 5.41) is 17.9. The van der Waals surface area contributed by atoms with E-state index < -0.39 is 11.9 Å².